The van der Waals surface area contributed by atoms with Gasteiger partial charge in [-0.2, -0.15) is 0 Å². The summed E-state index contributed by atoms with van der Waals surface area (Å²) in [7, 11) is 1.98. The number of ether oxygens (including phenoxy) is 2. The van der Waals surface area contributed by atoms with Gasteiger partial charge in [-0.1, -0.05) is 24.0 Å². The second-order valence-electron chi connectivity index (χ2n) is 9.33. The van der Waals surface area contributed by atoms with Crippen LogP contribution in [0, 0.1) is 23.6 Å². The molecule has 0 aliphatic carbocycles. The number of anilines is 1. The highest BCUT2D eigenvalue weighted by Gasteiger charge is 2.47. The van der Waals surface area contributed by atoms with E-state index in [4.69, 9.17) is 9.47 Å². The molecule has 7 heteroatoms. The van der Waals surface area contributed by atoms with Crippen LogP contribution >= 0.6 is 0 Å². The number of nitrogens with zero attached hydrogens (tertiary/aromatic N) is 2. The predicted molar refractivity (Wildman–Crippen MR) is 133 cm³/mol. The van der Waals surface area contributed by atoms with Gasteiger partial charge in [0, 0.05) is 36.3 Å². The molecular weight excluding hydrogens is 459 g/mol. The number of rotatable bonds is 2. The van der Waals surface area contributed by atoms with E-state index in [1.807, 2.05) is 30.1 Å². The van der Waals surface area contributed by atoms with Crippen LogP contribution in [0.15, 0.2) is 60.7 Å². The van der Waals surface area contributed by atoms with Crippen LogP contribution in [0.2, 0.25) is 0 Å². The Hall–Kier alpha value is -4.02. The minimum absolute atomic E-state index is 0.00198. The van der Waals surface area contributed by atoms with E-state index in [0.29, 0.717) is 29.2 Å². The molecule has 3 heterocycles. The summed E-state index contributed by atoms with van der Waals surface area (Å²) in [5.41, 5.74) is 3.56. The number of benzene rings is 3. The summed E-state index contributed by atoms with van der Waals surface area (Å²) in [5.74, 6) is 6.84. The quantitative estimate of drug-likeness (QED) is 0.558. The fraction of sp³-hybridized carbons (Fsp3) is 0.276. The van der Waals surface area contributed by atoms with Gasteiger partial charge in [-0.25, -0.2) is 4.39 Å². The number of carbonyl (C=O) groups is 1. The molecule has 1 N–H and O–H groups in total. The molecule has 1 amide bonds. The summed E-state index contributed by atoms with van der Waals surface area (Å²) >= 11 is 0. The molecule has 3 aliphatic rings. The molecule has 6 nitrogen and oxygen atoms in total. The highest BCUT2D eigenvalue weighted by atomic mass is 19.1. The van der Waals surface area contributed by atoms with Crippen LogP contribution in [-0.2, 0) is 0 Å². The molecule has 182 valence electrons. The van der Waals surface area contributed by atoms with E-state index in [-0.39, 0.29) is 43.1 Å². The molecule has 3 aromatic rings. The number of likely N-dealkylation sites (N-methyl/N-ethyl adjacent to an activating group) is 1. The number of likely N-dealkylation sites (tertiary alicyclic amines) is 1. The molecule has 0 saturated carbocycles. The summed E-state index contributed by atoms with van der Waals surface area (Å²) in [5, 5.41) is 10.2. The molecule has 1 fully saturated rings. The number of carbonyl (C=O) groups excluding carboxylic acids is 1. The lowest BCUT2D eigenvalue weighted by Crippen LogP contribution is -2.48. The van der Waals surface area contributed by atoms with Crippen molar-refractivity contribution in [2.24, 2.45) is 5.92 Å². The van der Waals surface area contributed by atoms with Crippen molar-refractivity contribution >= 4 is 11.6 Å². The maximum atomic E-state index is 14.1. The summed E-state index contributed by atoms with van der Waals surface area (Å²) in [6.45, 7) is 0.728. The molecule has 0 unspecified atom stereocenters. The number of halogens is 1. The number of hydrogen-bond acceptors (Lipinski definition) is 5. The Labute approximate surface area is 208 Å². The van der Waals surface area contributed by atoms with Crippen molar-refractivity contribution in [1.82, 2.24) is 4.90 Å². The van der Waals surface area contributed by atoms with E-state index in [1.165, 1.54) is 6.07 Å². The zero-order valence-electron chi connectivity index (χ0n) is 19.8. The summed E-state index contributed by atoms with van der Waals surface area (Å²) in [6.07, 6.45) is 0.779. The van der Waals surface area contributed by atoms with Crippen molar-refractivity contribution in [3.63, 3.8) is 0 Å². The van der Waals surface area contributed by atoms with Crippen molar-refractivity contribution in [2.75, 3.05) is 31.9 Å². The Morgan fingerprint density at radius 3 is 2.75 bits per heavy atom. The van der Waals surface area contributed by atoms with E-state index >= 15 is 0 Å². The molecule has 0 aromatic heterocycles. The molecule has 0 bridgehead atoms. The molecular formula is C29H25FN2O4. The van der Waals surface area contributed by atoms with Crippen LogP contribution in [0.4, 0.5) is 10.1 Å². The molecule has 1 saturated heterocycles. The molecule has 3 aromatic carbocycles. The van der Waals surface area contributed by atoms with E-state index in [9.17, 15) is 14.3 Å². The highest BCUT2D eigenvalue weighted by molar-refractivity contribution is 5.95. The second-order valence-corrected chi connectivity index (χ2v) is 9.33. The van der Waals surface area contributed by atoms with Crippen LogP contribution in [-0.4, -0.2) is 48.9 Å². The molecule has 0 radical (unpaired) electrons. The average Bonchev–Trinajstić information content (AvgIpc) is 3.55. The molecule has 3 atom stereocenters. The molecule has 0 spiro atoms. The lowest BCUT2D eigenvalue weighted by molar-refractivity contribution is 0.0693. The maximum Gasteiger partial charge on any atom is 0.254 e. The van der Waals surface area contributed by atoms with Crippen molar-refractivity contribution in [3.05, 3.63) is 88.7 Å². The topological polar surface area (TPSA) is 62.2 Å². The van der Waals surface area contributed by atoms with Gasteiger partial charge in [-0.15, -0.1) is 0 Å². The van der Waals surface area contributed by atoms with E-state index in [2.05, 4.69) is 16.7 Å². The first kappa shape index (κ1) is 22.4. The Balaban J connectivity index is 1.39. The zero-order valence-corrected chi connectivity index (χ0v) is 19.8. The standard InChI is InChI=1S/C29H25FN2O4/c1-31-24-10-7-18(6-8-19-4-2-3-5-23(19)30)14-22(24)28-21(25(31)16-33)12-13-32(28)29(34)20-9-11-26-27(15-20)36-17-35-26/h2-5,7,9-11,14-15,21,25,28,33H,12-13,16-17H2,1H3/t21-,25+,28-/m0/s1. The largest absolute Gasteiger partial charge is 0.454 e. The number of fused-ring (bicyclic) bond motifs is 4. The first-order valence-corrected chi connectivity index (χ1v) is 12.0. The lowest BCUT2D eigenvalue weighted by Gasteiger charge is -2.44. The van der Waals surface area contributed by atoms with Gasteiger partial charge in [0.1, 0.15) is 5.82 Å². The normalized spacial score (nSPS) is 21.5. The number of aliphatic hydroxyl groups is 1. The SMILES string of the molecule is CN1c2ccc(C#Cc3ccccc3F)cc2[C@@H]2[C@@H](CCN2C(=O)c2ccc3c(c2)OCO3)[C@H]1CO. The van der Waals surface area contributed by atoms with Crippen LogP contribution in [0.3, 0.4) is 0 Å². The number of hydrogen-bond donors (Lipinski definition) is 1. The van der Waals surface area contributed by atoms with Crippen molar-refractivity contribution in [3.8, 4) is 23.3 Å². The molecule has 36 heavy (non-hydrogen) atoms. The number of amides is 1. The summed E-state index contributed by atoms with van der Waals surface area (Å²) in [6, 6.07) is 17.3. The zero-order chi connectivity index (χ0) is 24.8. The predicted octanol–water partition coefficient (Wildman–Crippen LogP) is 3.97. The van der Waals surface area contributed by atoms with Gasteiger partial charge in [-0.05, 0) is 60.5 Å². The third kappa shape index (κ3) is 3.66. The first-order chi connectivity index (χ1) is 17.5. The van der Waals surface area contributed by atoms with Crippen molar-refractivity contribution in [1.29, 1.82) is 0 Å². The van der Waals surface area contributed by atoms with Crippen molar-refractivity contribution in [2.45, 2.75) is 18.5 Å². The second kappa shape index (κ2) is 8.89. The fourth-order valence-electron chi connectivity index (χ4n) is 5.66. The third-order valence-electron chi connectivity index (χ3n) is 7.45. The summed E-state index contributed by atoms with van der Waals surface area (Å²) in [4.78, 5) is 17.7. The Morgan fingerprint density at radius 1 is 1.08 bits per heavy atom. The highest BCUT2D eigenvalue weighted by Crippen LogP contribution is 2.49. The maximum absolute atomic E-state index is 14.1. The van der Waals surface area contributed by atoms with Crippen molar-refractivity contribution < 1.29 is 23.8 Å². The van der Waals surface area contributed by atoms with Crippen LogP contribution in [0.25, 0.3) is 0 Å². The van der Waals surface area contributed by atoms with Gasteiger partial charge in [0.05, 0.1) is 24.3 Å². The smallest absolute Gasteiger partial charge is 0.254 e. The van der Waals surface area contributed by atoms with E-state index < -0.39 is 0 Å². The third-order valence-corrected chi connectivity index (χ3v) is 7.45. The van der Waals surface area contributed by atoms with Crippen LogP contribution in [0.5, 0.6) is 11.5 Å². The number of aliphatic hydroxyl groups excluding tert-OH is 1. The fourth-order valence-corrected chi connectivity index (χ4v) is 5.66. The van der Waals surface area contributed by atoms with Gasteiger partial charge in [-0.3, -0.25) is 4.79 Å². The first-order valence-electron chi connectivity index (χ1n) is 12.0. The minimum atomic E-state index is -0.357. The minimum Gasteiger partial charge on any atom is -0.454 e. The lowest BCUT2D eigenvalue weighted by atomic mass is 9.81. The van der Waals surface area contributed by atoms with E-state index in [1.54, 1.807) is 36.4 Å². The Bertz CT molecular complexity index is 1410. The van der Waals surface area contributed by atoms with Crippen LogP contribution < -0.4 is 14.4 Å². The van der Waals surface area contributed by atoms with E-state index in [0.717, 1.165) is 23.2 Å². The average molecular weight is 485 g/mol. The van der Waals surface area contributed by atoms with Gasteiger partial charge in [0.2, 0.25) is 6.79 Å². The molecule has 6 rings (SSSR count). The summed E-state index contributed by atoms with van der Waals surface area (Å²) < 4.78 is 24.9. The van der Waals surface area contributed by atoms with Gasteiger partial charge >= 0.3 is 0 Å². The van der Waals surface area contributed by atoms with Gasteiger partial charge < -0.3 is 24.4 Å². The monoisotopic (exact) mass is 484 g/mol. The Kier molecular flexibility index (Phi) is 5.54. The Morgan fingerprint density at radius 2 is 1.92 bits per heavy atom. The molecule has 3 aliphatic heterocycles. The van der Waals surface area contributed by atoms with Gasteiger partial charge in [0.15, 0.2) is 11.5 Å². The van der Waals surface area contributed by atoms with Crippen LogP contribution in [0.1, 0.15) is 39.5 Å². The van der Waals surface area contributed by atoms with Gasteiger partial charge in [0.25, 0.3) is 5.91 Å².